The minimum Gasteiger partial charge on any atom is -0.330 e. The third kappa shape index (κ3) is 3.56. The van der Waals surface area contributed by atoms with Crippen LogP contribution >= 0.6 is 11.3 Å². The molecule has 18 heavy (non-hydrogen) atoms. The summed E-state index contributed by atoms with van der Waals surface area (Å²) in [7, 11) is 0. The molecule has 0 spiro atoms. The maximum absolute atomic E-state index is 6.03. The molecule has 1 aliphatic rings. The van der Waals surface area contributed by atoms with Crippen LogP contribution < -0.4 is 11.1 Å². The fraction of sp³-hybridized carbons (Fsp3) is 0.733. The first-order valence-electron chi connectivity index (χ1n) is 7.10. The summed E-state index contributed by atoms with van der Waals surface area (Å²) in [5.41, 5.74) is 6.39. The van der Waals surface area contributed by atoms with Gasteiger partial charge in [0.25, 0.3) is 0 Å². The molecule has 1 aromatic heterocycles. The third-order valence-corrected chi connectivity index (χ3v) is 5.36. The van der Waals surface area contributed by atoms with Crippen molar-refractivity contribution in [3.8, 4) is 0 Å². The number of thiophene rings is 1. The standard InChI is InChI=1S/C15H26N2S/c1-12-5-7-15(10-16,8-6-12)11-17-9-14-4-3-13(2)18-14/h3-4,12,17H,5-11,16H2,1-2H3. The Bertz CT molecular complexity index is 364. The zero-order chi connectivity index (χ0) is 13.0. The van der Waals surface area contributed by atoms with Gasteiger partial charge in [-0.25, -0.2) is 0 Å². The van der Waals surface area contributed by atoms with Gasteiger partial charge in [0.05, 0.1) is 0 Å². The number of hydrogen-bond donors (Lipinski definition) is 2. The van der Waals surface area contributed by atoms with E-state index in [1.54, 1.807) is 0 Å². The van der Waals surface area contributed by atoms with E-state index in [1.165, 1.54) is 35.4 Å². The van der Waals surface area contributed by atoms with E-state index < -0.39 is 0 Å². The Hall–Kier alpha value is -0.380. The molecule has 0 aromatic carbocycles. The maximum atomic E-state index is 6.03. The largest absolute Gasteiger partial charge is 0.330 e. The van der Waals surface area contributed by atoms with E-state index >= 15 is 0 Å². The van der Waals surface area contributed by atoms with Crippen LogP contribution in [0.3, 0.4) is 0 Å². The van der Waals surface area contributed by atoms with Crippen LogP contribution in [0.4, 0.5) is 0 Å². The molecular weight excluding hydrogens is 240 g/mol. The minimum absolute atomic E-state index is 0.360. The first kappa shape index (κ1) is 14.0. The summed E-state index contributed by atoms with van der Waals surface area (Å²) < 4.78 is 0. The molecule has 1 saturated carbocycles. The lowest BCUT2D eigenvalue weighted by atomic mass is 9.71. The molecule has 0 bridgehead atoms. The first-order valence-corrected chi connectivity index (χ1v) is 7.91. The zero-order valence-corrected chi connectivity index (χ0v) is 12.5. The van der Waals surface area contributed by atoms with Crippen LogP contribution in [0.2, 0.25) is 0 Å². The van der Waals surface area contributed by atoms with Crippen molar-refractivity contribution in [2.45, 2.75) is 46.1 Å². The Morgan fingerprint density at radius 1 is 1.39 bits per heavy atom. The average Bonchev–Trinajstić information content (AvgIpc) is 2.78. The van der Waals surface area contributed by atoms with Crippen LogP contribution in [0, 0.1) is 18.3 Å². The summed E-state index contributed by atoms with van der Waals surface area (Å²) in [4.78, 5) is 2.83. The molecule has 1 aliphatic carbocycles. The molecule has 1 heterocycles. The fourth-order valence-electron chi connectivity index (χ4n) is 2.86. The first-order chi connectivity index (χ1) is 8.63. The van der Waals surface area contributed by atoms with E-state index in [0.29, 0.717) is 5.41 Å². The number of aryl methyl sites for hydroxylation is 1. The quantitative estimate of drug-likeness (QED) is 0.858. The van der Waals surface area contributed by atoms with Crippen molar-refractivity contribution in [3.05, 3.63) is 21.9 Å². The molecule has 0 amide bonds. The summed E-state index contributed by atoms with van der Waals surface area (Å²) in [6.45, 7) is 7.43. The van der Waals surface area contributed by atoms with Gasteiger partial charge < -0.3 is 11.1 Å². The van der Waals surface area contributed by atoms with Crippen molar-refractivity contribution in [1.82, 2.24) is 5.32 Å². The Labute approximate surface area is 115 Å². The second-order valence-electron chi connectivity index (χ2n) is 6.00. The molecule has 0 unspecified atom stereocenters. The number of nitrogens with one attached hydrogen (secondary N) is 1. The molecule has 0 atom stereocenters. The topological polar surface area (TPSA) is 38.0 Å². The molecule has 3 N–H and O–H groups in total. The molecule has 1 aromatic rings. The van der Waals surface area contributed by atoms with Crippen LogP contribution in [0.25, 0.3) is 0 Å². The van der Waals surface area contributed by atoms with E-state index in [0.717, 1.165) is 25.6 Å². The van der Waals surface area contributed by atoms with Gasteiger partial charge in [-0.1, -0.05) is 19.8 Å². The molecule has 2 nitrogen and oxygen atoms in total. The second-order valence-corrected chi connectivity index (χ2v) is 7.38. The molecule has 2 rings (SSSR count). The predicted molar refractivity (Wildman–Crippen MR) is 79.9 cm³/mol. The highest BCUT2D eigenvalue weighted by Crippen LogP contribution is 2.37. The number of rotatable bonds is 5. The predicted octanol–water partition coefficient (Wildman–Crippen LogP) is 3.30. The van der Waals surface area contributed by atoms with Gasteiger partial charge in [-0.05, 0) is 49.8 Å². The second kappa shape index (κ2) is 6.18. The Morgan fingerprint density at radius 3 is 2.67 bits per heavy atom. The fourth-order valence-corrected chi connectivity index (χ4v) is 3.72. The highest BCUT2D eigenvalue weighted by atomic mass is 32.1. The lowest BCUT2D eigenvalue weighted by molar-refractivity contribution is 0.159. The van der Waals surface area contributed by atoms with Crippen molar-refractivity contribution in [3.63, 3.8) is 0 Å². The van der Waals surface area contributed by atoms with Crippen molar-refractivity contribution in [2.75, 3.05) is 13.1 Å². The van der Waals surface area contributed by atoms with Crippen LogP contribution in [0.15, 0.2) is 12.1 Å². The normalized spacial score (nSPS) is 28.5. The van der Waals surface area contributed by atoms with Crippen LogP contribution in [-0.4, -0.2) is 13.1 Å². The van der Waals surface area contributed by atoms with Gasteiger partial charge in [0.15, 0.2) is 0 Å². The van der Waals surface area contributed by atoms with Gasteiger partial charge in [-0.2, -0.15) is 0 Å². The summed E-state index contributed by atoms with van der Waals surface area (Å²) in [6.07, 6.45) is 5.27. The summed E-state index contributed by atoms with van der Waals surface area (Å²) >= 11 is 1.89. The zero-order valence-electron chi connectivity index (χ0n) is 11.7. The van der Waals surface area contributed by atoms with Gasteiger partial charge in [0.1, 0.15) is 0 Å². The van der Waals surface area contributed by atoms with Crippen LogP contribution in [0.5, 0.6) is 0 Å². The van der Waals surface area contributed by atoms with Gasteiger partial charge in [-0.15, -0.1) is 11.3 Å². The van der Waals surface area contributed by atoms with Crippen molar-refractivity contribution in [1.29, 1.82) is 0 Å². The van der Waals surface area contributed by atoms with E-state index in [9.17, 15) is 0 Å². The smallest absolute Gasteiger partial charge is 0.0300 e. The maximum Gasteiger partial charge on any atom is 0.0300 e. The molecule has 102 valence electrons. The average molecular weight is 266 g/mol. The molecule has 3 heteroatoms. The molecule has 0 aliphatic heterocycles. The summed E-state index contributed by atoms with van der Waals surface area (Å²) in [5, 5.41) is 3.62. The summed E-state index contributed by atoms with van der Waals surface area (Å²) in [6, 6.07) is 4.42. The number of hydrogen-bond acceptors (Lipinski definition) is 3. The highest BCUT2D eigenvalue weighted by molar-refractivity contribution is 7.11. The van der Waals surface area contributed by atoms with E-state index in [1.807, 2.05) is 11.3 Å². The Kier molecular flexibility index (Phi) is 4.82. The molecule has 0 radical (unpaired) electrons. The van der Waals surface area contributed by atoms with Gasteiger partial charge in [0.2, 0.25) is 0 Å². The SMILES string of the molecule is Cc1ccc(CNCC2(CN)CCC(C)CC2)s1. The summed E-state index contributed by atoms with van der Waals surface area (Å²) in [5.74, 6) is 0.893. The Morgan fingerprint density at radius 2 is 2.11 bits per heavy atom. The van der Waals surface area contributed by atoms with E-state index in [-0.39, 0.29) is 0 Å². The van der Waals surface area contributed by atoms with E-state index in [2.05, 4.69) is 31.3 Å². The van der Waals surface area contributed by atoms with Crippen molar-refractivity contribution < 1.29 is 0 Å². The van der Waals surface area contributed by atoms with E-state index in [4.69, 9.17) is 5.73 Å². The minimum atomic E-state index is 0.360. The Balaban J connectivity index is 1.80. The lowest BCUT2D eigenvalue weighted by Gasteiger charge is -2.38. The third-order valence-electron chi connectivity index (χ3n) is 4.36. The van der Waals surface area contributed by atoms with Crippen LogP contribution in [-0.2, 0) is 6.54 Å². The molecule has 1 fully saturated rings. The van der Waals surface area contributed by atoms with Gasteiger partial charge in [-0.3, -0.25) is 0 Å². The van der Waals surface area contributed by atoms with Crippen molar-refractivity contribution in [2.24, 2.45) is 17.1 Å². The monoisotopic (exact) mass is 266 g/mol. The molecular formula is C15H26N2S. The number of nitrogens with two attached hydrogens (primary N) is 1. The van der Waals surface area contributed by atoms with Gasteiger partial charge >= 0.3 is 0 Å². The van der Waals surface area contributed by atoms with Crippen molar-refractivity contribution >= 4 is 11.3 Å². The molecule has 0 saturated heterocycles. The highest BCUT2D eigenvalue weighted by Gasteiger charge is 2.32. The lowest BCUT2D eigenvalue weighted by Crippen LogP contribution is -2.42. The van der Waals surface area contributed by atoms with Crippen LogP contribution in [0.1, 0.15) is 42.4 Å². The van der Waals surface area contributed by atoms with Gasteiger partial charge in [0, 0.05) is 22.8 Å².